The van der Waals surface area contributed by atoms with E-state index in [0.717, 1.165) is 41.4 Å². The van der Waals surface area contributed by atoms with Crippen LogP contribution in [0, 0.1) is 13.8 Å². The SMILES string of the molecule is Cc1cc(C)n2ncc(-c3nccn3C(CCn3cncn3)c3ccccc3)c2n1. The van der Waals surface area contributed by atoms with E-state index in [4.69, 9.17) is 9.97 Å². The van der Waals surface area contributed by atoms with Gasteiger partial charge < -0.3 is 4.57 Å². The molecule has 0 radical (unpaired) electrons. The molecule has 0 spiro atoms. The second-order valence-corrected chi connectivity index (χ2v) is 7.36. The zero-order valence-electron chi connectivity index (χ0n) is 16.9. The smallest absolute Gasteiger partial charge is 0.166 e. The number of nitrogens with zero attached hydrogens (tertiary/aromatic N) is 8. The summed E-state index contributed by atoms with van der Waals surface area (Å²) in [6.45, 7) is 4.79. The van der Waals surface area contributed by atoms with Crippen molar-refractivity contribution >= 4 is 5.65 Å². The van der Waals surface area contributed by atoms with Gasteiger partial charge in [0.2, 0.25) is 0 Å². The molecule has 8 heteroatoms. The van der Waals surface area contributed by atoms with Crippen molar-refractivity contribution in [3.63, 3.8) is 0 Å². The molecule has 0 amide bonds. The normalized spacial score (nSPS) is 12.5. The summed E-state index contributed by atoms with van der Waals surface area (Å²) in [6.07, 6.45) is 9.88. The lowest BCUT2D eigenvalue weighted by atomic mass is 10.0. The molecule has 0 bridgehead atoms. The summed E-state index contributed by atoms with van der Waals surface area (Å²) in [7, 11) is 0. The van der Waals surface area contributed by atoms with E-state index < -0.39 is 0 Å². The molecule has 0 saturated heterocycles. The topological polar surface area (TPSA) is 78.7 Å². The first-order chi connectivity index (χ1) is 14.7. The van der Waals surface area contributed by atoms with E-state index in [1.165, 1.54) is 5.56 Å². The molecule has 0 N–H and O–H groups in total. The highest BCUT2D eigenvalue weighted by Gasteiger charge is 2.21. The lowest BCUT2D eigenvalue weighted by Gasteiger charge is -2.21. The van der Waals surface area contributed by atoms with E-state index in [0.29, 0.717) is 0 Å². The van der Waals surface area contributed by atoms with Crippen LogP contribution in [-0.2, 0) is 6.54 Å². The third-order valence-corrected chi connectivity index (χ3v) is 5.31. The number of hydrogen-bond donors (Lipinski definition) is 0. The van der Waals surface area contributed by atoms with Crippen molar-refractivity contribution in [3.8, 4) is 11.4 Å². The Morgan fingerprint density at radius 1 is 1.07 bits per heavy atom. The number of aryl methyl sites for hydroxylation is 3. The van der Waals surface area contributed by atoms with Crippen molar-refractivity contribution in [2.45, 2.75) is 32.9 Å². The average molecular weight is 398 g/mol. The summed E-state index contributed by atoms with van der Waals surface area (Å²) in [6, 6.07) is 12.6. The maximum absolute atomic E-state index is 4.74. The molecule has 4 heterocycles. The van der Waals surface area contributed by atoms with Gasteiger partial charge in [-0.2, -0.15) is 10.2 Å². The zero-order chi connectivity index (χ0) is 20.5. The first kappa shape index (κ1) is 18.2. The lowest BCUT2D eigenvalue weighted by molar-refractivity contribution is 0.471. The van der Waals surface area contributed by atoms with Crippen molar-refractivity contribution in [1.29, 1.82) is 0 Å². The Balaban J connectivity index is 1.60. The number of rotatable bonds is 6. The summed E-state index contributed by atoms with van der Waals surface area (Å²) in [5.74, 6) is 0.856. The number of aromatic nitrogens is 8. The van der Waals surface area contributed by atoms with Gasteiger partial charge in [0.15, 0.2) is 5.65 Å². The van der Waals surface area contributed by atoms with Crippen LogP contribution in [0.5, 0.6) is 0 Å². The zero-order valence-corrected chi connectivity index (χ0v) is 16.9. The van der Waals surface area contributed by atoms with Gasteiger partial charge in [-0.25, -0.2) is 19.5 Å². The van der Waals surface area contributed by atoms with Gasteiger partial charge in [-0.15, -0.1) is 0 Å². The Labute approximate surface area is 173 Å². The van der Waals surface area contributed by atoms with Crippen LogP contribution in [0.15, 0.2) is 67.6 Å². The highest BCUT2D eigenvalue weighted by molar-refractivity contribution is 5.73. The van der Waals surface area contributed by atoms with E-state index in [1.54, 1.807) is 12.7 Å². The van der Waals surface area contributed by atoms with Crippen LogP contribution in [0.2, 0.25) is 0 Å². The second kappa shape index (κ2) is 7.55. The van der Waals surface area contributed by atoms with E-state index in [2.05, 4.69) is 44.0 Å². The first-order valence-electron chi connectivity index (χ1n) is 9.93. The minimum absolute atomic E-state index is 0.0914. The lowest BCUT2D eigenvalue weighted by Crippen LogP contribution is -2.14. The fourth-order valence-corrected chi connectivity index (χ4v) is 3.95. The Morgan fingerprint density at radius 2 is 1.93 bits per heavy atom. The summed E-state index contributed by atoms with van der Waals surface area (Å²) < 4.78 is 5.94. The van der Waals surface area contributed by atoms with Gasteiger partial charge in [0.05, 0.1) is 17.8 Å². The minimum atomic E-state index is 0.0914. The Morgan fingerprint density at radius 3 is 2.73 bits per heavy atom. The van der Waals surface area contributed by atoms with Gasteiger partial charge in [0.25, 0.3) is 0 Å². The molecule has 4 aromatic heterocycles. The highest BCUT2D eigenvalue weighted by Crippen LogP contribution is 2.30. The largest absolute Gasteiger partial charge is 0.323 e. The van der Waals surface area contributed by atoms with E-state index in [-0.39, 0.29) is 6.04 Å². The van der Waals surface area contributed by atoms with Crippen molar-refractivity contribution in [2.24, 2.45) is 0 Å². The van der Waals surface area contributed by atoms with Crippen LogP contribution in [0.25, 0.3) is 17.0 Å². The minimum Gasteiger partial charge on any atom is -0.323 e. The number of imidazole rings is 1. The van der Waals surface area contributed by atoms with Gasteiger partial charge in [0, 0.05) is 30.3 Å². The van der Waals surface area contributed by atoms with E-state index >= 15 is 0 Å². The molecule has 5 rings (SSSR count). The summed E-state index contributed by atoms with van der Waals surface area (Å²) >= 11 is 0. The van der Waals surface area contributed by atoms with Crippen LogP contribution >= 0.6 is 0 Å². The molecule has 0 aliphatic rings. The number of benzene rings is 1. The van der Waals surface area contributed by atoms with E-state index in [9.17, 15) is 0 Å². The van der Waals surface area contributed by atoms with Gasteiger partial charge in [-0.05, 0) is 31.9 Å². The molecule has 0 aliphatic carbocycles. The molecular weight excluding hydrogens is 376 g/mol. The van der Waals surface area contributed by atoms with Crippen LogP contribution < -0.4 is 0 Å². The predicted octanol–water partition coefficient (Wildman–Crippen LogP) is 3.48. The van der Waals surface area contributed by atoms with Crippen LogP contribution in [0.1, 0.15) is 29.4 Å². The van der Waals surface area contributed by atoms with E-state index in [1.807, 2.05) is 53.8 Å². The quantitative estimate of drug-likeness (QED) is 0.438. The molecule has 0 aliphatic heterocycles. The van der Waals surface area contributed by atoms with Crippen molar-refractivity contribution in [2.75, 3.05) is 0 Å². The molecule has 150 valence electrons. The Kier molecular flexibility index (Phi) is 4.59. The fraction of sp³-hybridized carbons (Fsp3) is 0.227. The molecule has 1 unspecified atom stereocenters. The fourth-order valence-electron chi connectivity index (χ4n) is 3.95. The van der Waals surface area contributed by atoms with Crippen molar-refractivity contribution < 1.29 is 0 Å². The number of hydrogen-bond acceptors (Lipinski definition) is 5. The van der Waals surface area contributed by atoms with Crippen molar-refractivity contribution in [1.82, 2.24) is 38.9 Å². The van der Waals surface area contributed by atoms with Gasteiger partial charge in [-0.3, -0.25) is 4.68 Å². The van der Waals surface area contributed by atoms with Crippen LogP contribution in [-0.4, -0.2) is 38.9 Å². The molecule has 0 saturated carbocycles. The maximum atomic E-state index is 4.74. The van der Waals surface area contributed by atoms with Crippen LogP contribution in [0.3, 0.4) is 0 Å². The van der Waals surface area contributed by atoms with Crippen LogP contribution in [0.4, 0.5) is 0 Å². The third kappa shape index (κ3) is 3.26. The molecule has 30 heavy (non-hydrogen) atoms. The third-order valence-electron chi connectivity index (χ3n) is 5.31. The average Bonchev–Trinajstić information content (AvgIpc) is 3.49. The molecule has 8 nitrogen and oxygen atoms in total. The predicted molar refractivity (Wildman–Crippen MR) is 113 cm³/mol. The second-order valence-electron chi connectivity index (χ2n) is 7.36. The Bertz CT molecular complexity index is 1270. The maximum Gasteiger partial charge on any atom is 0.166 e. The standard InChI is InChI=1S/C22H22N8/c1-16-12-17(2)30-22(27-16)19(13-25-30)21-24-9-11-29(21)20(18-6-4-3-5-7-18)8-10-28-15-23-14-26-28/h3-7,9,11-15,20H,8,10H2,1-2H3. The molecule has 0 fully saturated rings. The van der Waals surface area contributed by atoms with Gasteiger partial charge in [0.1, 0.15) is 18.5 Å². The van der Waals surface area contributed by atoms with Crippen molar-refractivity contribution in [3.05, 3.63) is 84.6 Å². The molecule has 1 atom stereocenters. The Hall–Kier alpha value is -3.81. The first-order valence-corrected chi connectivity index (χ1v) is 9.93. The van der Waals surface area contributed by atoms with Gasteiger partial charge >= 0.3 is 0 Å². The van der Waals surface area contributed by atoms with Gasteiger partial charge in [-0.1, -0.05) is 30.3 Å². The monoisotopic (exact) mass is 398 g/mol. The highest BCUT2D eigenvalue weighted by atomic mass is 15.3. The summed E-state index contributed by atoms with van der Waals surface area (Å²) in [5.41, 5.74) is 4.98. The molecule has 1 aromatic carbocycles. The molecular formula is C22H22N8. The summed E-state index contributed by atoms with van der Waals surface area (Å²) in [4.78, 5) is 13.5. The summed E-state index contributed by atoms with van der Waals surface area (Å²) in [5, 5.41) is 8.81. The molecule has 5 aromatic rings. The number of fused-ring (bicyclic) bond motifs is 1.